The number of carbonyl (C=O) groups is 1. The highest BCUT2D eigenvalue weighted by Crippen LogP contribution is 2.19. The Balaban J connectivity index is 1.59. The maximum atomic E-state index is 13.7. The topological polar surface area (TPSA) is 68.4 Å². The fourth-order valence-corrected chi connectivity index (χ4v) is 2.95. The Bertz CT molecular complexity index is 1280. The minimum absolute atomic E-state index is 0.156. The third-order valence-corrected chi connectivity index (χ3v) is 4.47. The van der Waals surface area contributed by atoms with Crippen LogP contribution in [0.2, 0.25) is 0 Å². The predicted octanol–water partition coefficient (Wildman–Crippen LogP) is 3.39. The van der Waals surface area contributed by atoms with Gasteiger partial charge in [0.05, 0.1) is 11.4 Å². The van der Waals surface area contributed by atoms with E-state index in [0.717, 1.165) is 23.3 Å². The van der Waals surface area contributed by atoms with Crippen LogP contribution < -0.4 is 10.9 Å². The smallest absolute Gasteiger partial charge is 0.277 e. The summed E-state index contributed by atoms with van der Waals surface area (Å²) in [4.78, 5) is 24.9. The van der Waals surface area contributed by atoms with Crippen molar-refractivity contribution in [2.24, 2.45) is 0 Å². The van der Waals surface area contributed by atoms with Crippen LogP contribution in [-0.2, 0) is 11.3 Å². The third kappa shape index (κ3) is 3.77. The molecule has 1 amide bonds. The number of fused-ring (bicyclic) bond motifs is 1. The predicted molar refractivity (Wildman–Crippen MR) is 105 cm³/mol. The van der Waals surface area contributed by atoms with Gasteiger partial charge in [-0.05, 0) is 25.1 Å². The average Bonchev–Trinajstić information content (AvgIpc) is 3.12. The monoisotopic (exact) mass is 394 g/mol. The summed E-state index contributed by atoms with van der Waals surface area (Å²) >= 11 is 0. The van der Waals surface area contributed by atoms with E-state index in [-0.39, 0.29) is 12.2 Å². The lowest BCUT2D eigenvalue weighted by Gasteiger charge is -2.08. The molecule has 146 valence electrons. The maximum absolute atomic E-state index is 13.7. The van der Waals surface area contributed by atoms with Gasteiger partial charge >= 0.3 is 0 Å². The van der Waals surface area contributed by atoms with Gasteiger partial charge in [-0.25, -0.2) is 13.3 Å². The summed E-state index contributed by atoms with van der Waals surface area (Å²) in [6, 6.07) is 12.2. The van der Waals surface area contributed by atoms with E-state index in [4.69, 9.17) is 0 Å². The molecule has 0 saturated carbocycles. The molecule has 6 nitrogen and oxygen atoms in total. The number of nitrogens with zero attached hydrogens (tertiary/aromatic N) is 3. The van der Waals surface area contributed by atoms with Crippen molar-refractivity contribution in [3.8, 4) is 11.3 Å². The van der Waals surface area contributed by atoms with Gasteiger partial charge in [-0.1, -0.05) is 29.8 Å². The van der Waals surface area contributed by atoms with Gasteiger partial charge in [-0.15, -0.1) is 0 Å². The van der Waals surface area contributed by atoms with Crippen molar-refractivity contribution >= 4 is 17.1 Å². The Labute approximate surface area is 164 Å². The average molecular weight is 394 g/mol. The van der Waals surface area contributed by atoms with Crippen LogP contribution in [0.25, 0.3) is 16.8 Å². The van der Waals surface area contributed by atoms with Crippen molar-refractivity contribution in [1.82, 2.24) is 14.2 Å². The van der Waals surface area contributed by atoms with E-state index in [1.807, 2.05) is 31.2 Å². The highest BCUT2D eigenvalue weighted by molar-refractivity contribution is 5.90. The van der Waals surface area contributed by atoms with E-state index in [9.17, 15) is 18.4 Å². The molecule has 2 heterocycles. The van der Waals surface area contributed by atoms with Crippen molar-refractivity contribution < 1.29 is 13.6 Å². The molecule has 8 heteroatoms. The molecular formula is C21H16F2N4O2. The second-order valence-corrected chi connectivity index (χ2v) is 6.63. The minimum Gasteiger partial charge on any atom is -0.322 e. The van der Waals surface area contributed by atoms with Crippen LogP contribution in [0.1, 0.15) is 5.56 Å². The summed E-state index contributed by atoms with van der Waals surface area (Å²) in [7, 11) is 0. The molecule has 0 atom stereocenters. The molecule has 4 aromatic rings. The molecule has 0 unspecified atom stereocenters. The zero-order chi connectivity index (χ0) is 20.5. The Kier molecular flexibility index (Phi) is 4.67. The fourth-order valence-electron chi connectivity index (χ4n) is 2.95. The van der Waals surface area contributed by atoms with Crippen molar-refractivity contribution in [1.29, 1.82) is 0 Å². The van der Waals surface area contributed by atoms with Gasteiger partial charge < -0.3 is 9.88 Å². The van der Waals surface area contributed by atoms with Crippen molar-refractivity contribution in [3.05, 3.63) is 88.5 Å². The number of nitrogens with one attached hydrogen (secondary N) is 1. The van der Waals surface area contributed by atoms with E-state index in [2.05, 4.69) is 10.4 Å². The number of rotatable bonds is 4. The highest BCUT2D eigenvalue weighted by Gasteiger charge is 2.13. The molecule has 2 aromatic heterocycles. The second-order valence-electron chi connectivity index (χ2n) is 6.63. The van der Waals surface area contributed by atoms with E-state index in [1.54, 1.807) is 12.3 Å². The fraction of sp³-hybridized carbons (Fsp3) is 0.0952. The summed E-state index contributed by atoms with van der Waals surface area (Å²) < 4.78 is 29.3. The molecule has 0 fully saturated rings. The van der Waals surface area contributed by atoms with E-state index >= 15 is 0 Å². The molecule has 2 aromatic carbocycles. The lowest BCUT2D eigenvalue weighted by molar-refractivity contribution is -0.116. The number of aromatic nitrogens is 3. The van der Waals surface area contributed by atoms with Crippen LogP contribution in [-0.4, -0.2) is 20.1 Å². The number of halogens is 2. The number of carbonyl (C=O) groups excluding carboxylic acids is 1. The van der Waals surface area contributed by atoms with Crippen molar-refractivity contribution in [2.45, 2.75) is 13.5 Å². The maximum Gasteiger partial charge on any atom is 0.277 e. The molecule has 29 heavy (non-hydrogen) atoms. The number of hydrogen-bond acceptors (Lipinski definition) is 3. The Morgan fingerprint density at radius 3 is 2.55 bits per heavy atom. The molecule has 4 rings (SSSR count). The molecule has 0 saturated heterocycles. The number of aryl methyl sites for hydroxylation is 1. The summed E-state index contributed by atoms with van der Waals surface area (Å²) in [5.41, 5.74) is 2.37. The van der Waals surface area contributed by atoms with Gasteiger partial charge in [0.25, 0.3) is 5.56 Å². The normalized spacial score (nSPS) is 11.0. The molecule has 0 aliphatic carbocycles. The molecule has 0 aliphatic rings. The van der Waals surface area contributed by atoms with Crippen LogP contribution in [0, 0.1) is 18.6 Å². The summed E-state index contributed by atoms with van der Waals surface area (Å²) in [6.45, 7) is 1.66. The van der Waals surface area contributed by atoms with Crippen LogP contribution in [0.3, 0.4) is 0 Å². The Morgan fingerprint density at radius 1 is 1.07 bits per heavy atom. The van der Waals surface area contributed by atoms with E-state index in [1.165, 1.54) is 15.3 Å². The van der Waals surface area contributed by atoms with Gasteiger partial charge in [-0.3, -0.25) is 9.59 Å². The number of amides is 1. The molecule has 0 radical (unpaired) electrons. The first-order valence-electron chi connectivity index (χ1n) is 8.81. The summed E-state index contributed by atoms with van der Waals surface area (Å²) in [6.07, 6.45) is 3.00. The van der Waals surface area contributed by atoms with Crippen LogP contribution in [0.4, 0.5) is 14.5 Å². The standard InChI is InChI=1S/C21H16F2N4O2/c1-13-2-4-14(5-3-13)18-11-19-21(29)26(8-9-27(19)25-18)12-20(28)24-17-7-6-15(22)10-16(17)23/h2-11H,12H2,1H3,(H,24,28). The first-order valence-corrected chi connectivity index (χ1v) is 8.81. The Hall–Kier alpha value is -3.81. The SMILES string of the molecule is Cc1ccc(-c2cc3c(=O)n(CC(=O)Nc4ccc(F)cc4F)ccn3n2)cc1. The third-order valence-electron chi connectivity index (χ3n) is 4.47. The van der Waals surface area contributed by atoms with Crippen molar-refractivity contribution in [2.75, 3.05) is 5.32 Å². The largest absolute Gasteiger partial charge is 0.322 e. The van der Waals surface area contributed by atoms with Crippen molar-refractivity contribution in [3.63, 3.8) is 0 Å². The van der Waals surface area contributed by atoms with Gasteiger partial charge in [-0.2, -0.15) is 5.10 Å². The zero-order valence-corrected chi connectivity index (χ0v) is 15.4. The van der Waals surface area contributed by atoms with Crippen LogP contribution in [0.15, 0.2) is 65.7 Å². The lowest BCUT2D eigenvalue weighted by atomic mass is 10.1. The van der Waals surface area contributed by atoms with E-state index in [0.29, 0.717) is 17.3 Å². The van der Waals surface area contributed by atoms with E-state index < -0.39 is 23.1 Å². The molecule has 0 bridgehead atoms. The second kappa shape index (κ2) is 7.31. The summed E-state index contributed by atoms with van der Waals surface area (Å²) in [5, 5.41) is 6.73. The van der Waals surface area contributed by atoms with Crippen LogP contribution in [0.5, 0.6) is 0 Å². The quantitative estimate of drug-likeness (QED) is 0.577. The first kappa shape index (κ1) is 18.5. The van der Waals surface area contributed by atoms with Crippen LogP contribution >= 0.6 is 0 Å². The highest BCUT2D eigenvalue weighted by atomic mass is 19.1. The molecule has 0 spiro atoms. The van der Waals surface area contributed by atoms with Gasteiger partial charge in [0, 0.05) is 24.0 Å². The van der Waals surface area contributed by atoms with Gasteiger partial charge in [0.1, 0.15) is 23.7 Å². The number of benzene rings is 2. The van der Waals surface area contributed by atoms with Gasteiger partial charge in [0.2, 0.25) is 5.91 Å². The number of hydrogen-bond donors (Lipinski definition) is 1. The first-order chi connectivity index (χ1) is 13.9. The number of anilines is 1. The Morgan fingerprint density at radius 2 is 1.83 bits per heavy atom. The minimum atomic E-state index is -0.889. The molecule has 0 aliphatic heterocycles. The summed E-state index contributed by atoms with van der Waals surface area (Å²) in [5.74, 6) is -2.24. The molecule has 1 N–H and O–H groups in total. The lowest BCUT2D eigenvalue weighted by Crippen LogP contribution is -2.28. The molecular weight excluding hydrogens is 378 g/mol. The zero-order valence-electron chi connectivity index (χ0n) is 15.4. The van der Waals surface area contributed by atoms with Gasteiger partial charge in [0.15, 0.2) is 0 Å².